The van der Waals surface area contributed by atoms with Crippen LogP contribution >= 0.6 is 0 Å². The first-order chi connectivity index (χ1) is 9.53. The van der Waals surface area contributed by atoms with E-state index in [0.717, 1.165) is 12.1 Å². The minimum atomic E-state index is -3.60. The third kappa shape index (κ3) is 3.37. The minimum absolute atomic E-state index is 0.190. The molecule has 0 aliphatic rings. The highest BCUT2D eigenvalue weighted by Crippen LogP contribution is 2.17. The fourth-order valence-corrected chi connectivity index (χ4v) is 2.85. The van der Waals surface area contributed by atoms with Crippen molar-refractivity contribution in [1.82, 2.24) is 15.3 Å². The van der Waals surface area contributed by atoms with Gasteiger partial charge in [0.25, 0.3) is 10.0 Å². The van der Waals surface area contributed by atoms with Gasteiger partial charge >= 0.3 is 0 Å². The van der Waals surface area contributed by atoms with Crippen molar-refractivity contribution in [3.05, 3.63) is 42.2 Å². The molecule has 0 saturated heterocycles. The summed E-state index contributed by atoms with van der Waals surface area (Å²) in [5.41, 5.74) is 1.05. The van der Waals surface area contributed by atoms with E-state index in [1.807, 2.05) is 26.0 Å². The molecule has 20 heavy (non-hydrogen) atoms. The summed E-state index contributed by atoms with van der Waals surface area (Å²) in [7, 11) is -3.60. The lowest BCUT2D eigenvalue weighted by Gasteiger charge is -2.13. The number of imidazole rings is 1. The smallest absolute Gasteiger partial charge is 0.264 e. The zero-order chi connectivity index (χ0) is 14.6. The van der Waals surface area contributed by atoms with Gasteiger partial charge in [-0.2, -0.15) is 0 Å². The molecule has 1 aromatic carbocycles. The van der Waals surface area contributed by atoms with Crippen LogP contribution in [0.5, 0.6) is 0 Å². The van der Waals surface area contributed by atoms with Crippen LogP contribution in [-0.4, -0.2) is 24.9 Å². The highest BCUT2D eigenvalue weighted by atomic mass is 32.2. The molecule has 0 saturated carbocycles. The average molecular weight is 294 g/mol. The lowest BCUT2D eigenvalue weighted by Crippen LogP contribution is -2.18. The predicted octanol–water partition coefficient (Wildman–Crippen LogP) is 1.88. The van der Waals surface area contributed by atoms with Crippen LogP contribution < -0.4 is 10.0 Å². The van der Waals surface area contributed by atoms with Crippen LogP contribution in [0.3, 0.4) is 0 Å². The molecule has 2 rings (SSSR count). The van der Waals surface area contributed by atoms with Gasteiger partial charge in [0.15, 0.2) is 0 Å². The van der Waals surface area contributed by atoms with Crippen molar-refractivity contribution >= 4 is 16.0 Å². The number of sulfonamides is 1. The molecule has 1 unspecified atom stereocenters. The standard InChI is InChI=1S/C13H18N4O2S/c1-3-14-10(2)11-4-6-12(7-5-11)20(18,19)17-13-15-8-9-16-13/h4-10,14H,3H2,1-2H3,(H2,15,16,17). The maximum atomic E-state index is 12.1. The molecule has 108 valence electrons. The fourth-order valence-electron chi connectivity index (χ4n) is 1.87. The number of hydrogen-bond acceptors (Lipinski definition) is 4. The van der Waals surface area contributed by atoms with E-state index in [1.165, 1.54) is 6.20 Å². The maximum absolute atomic E-state index is 12.1. The van der Waals surface area contributed by atoms with Crippen molar-refractivity contribution in [3.63, 3.8) is 0 Å². The molecule has 0 amide bonds. The van der Waals surface area contributed by atoms with Gasteiger partial charge in [-0.1, -0.05) is 19.1 Å². The number of aromatic nitrogens is 2. The molecule has 3 N–H and O–H groups in total. The number of nitrogens with zero attached hydrogens (tertiary/aromatic N) is 1. The first-order valence-corrected chi connectivity index (χ1v) is 7.87. The average Bonchev–Trinajstić information content (AvgIpc) is 2.91. The Morgan fingerprint density at radius 3 is 2.55 bits per heavy atom. The molecular formula is C13H18N4O2S. The third-order valence-corrected chi connectivity index (χ3v) is 4.28. The second kappa shape index (κ2) is 6.06. The molecule has 0 bridgehead atoms. The van der Waals surface area contributed by atoms with Crippen LogP contribution in [0.15, 0.2) is 41.6 Å². The summed E-state index contributed by atoms with van der Waals surface area (Å²) >= 11 is 0. The Labute approximate surface area is 118 Å². The minimum Gasteiger partial charge on any atom is -0.330 e. The van der Waals surface area contributed by atoms with E-state index in [-0.39, 0.29) is 16.9 Å². The normalized spacial score (nSPS) is 13.1. The van der Waals surface area contributed by atoms with Crippen LogP contribution in [0, 0.1) is 0 Å². The molecule has 0 spiro atoms. The zero-order valence-corrected chi connectivity index (χ0v) is 12.2. The van der Waals surface area contributed by atoms with Crippen LogP contribution in [0.4, 0.5) is 5.95 Å². The predicted molar refractivity (Wildman–Crippen MR) is 77.9 cm³/mol. The number of rotatable bonds is 6. The van der Waals surface area contributed by atoms with Gasteiger partial charge < -0.3 is 10.3 Å². The van der Waals surface area contributed by atoms with Crippen LogP contribution in [-0.2, 0) is 10.0 Å². The monoisotopic (exact) mass is 294 g/mol. The molecule has 7 heteroatoms. The number of anilines is 1. The van der Waals surface area contributed by atoms with Crippen LogP contribution in [0.1, 0.15) is 25.5 Å². The maximum Gasteiger partial charge on any atom is 0.264 e. The Bertz CT molecular complexity index is 636. The molecule has 0 fully saturated rings. The number of H-pyrrole nitrogens is 1. The second-order valence-corrected chi connectivity index (χ2v) is 6.07. The van der Waals surface area contributed by atoms with Crippen molar-refractivity contribution in [3.8, 4) is 0 Å². The van der Waals surface area contributed by atoms with Crippen molar-refractivity contribution in [2.45, 2.75) is 24.8 Å². The van der Waals surface area contributed by atoms with Crippen LogP contribution in [0.2, 0.25) is 0 Å². The molecule has 6 nitrogen and oxygen atoms in total. The summed E-state index contributed by atoms with van der Waals surface area (Å²) in [6.07, 6.45) is 3.04. The lowest BCUT2D eigenvalue weighted by molar-refractivity contribution is 0.594. The molecule has 1 aromatic heterocycles. The quantitative estimate of drug-likeness (QED) is 0.759. The van der Waals surface area contributed by atoms with Gasteiger partial charge in [0.1, 0.15) is 0 Å². The van der Waals surface area contributed by atoms with Gasteiger partial charge in [-0.25, -0.2) is 18.1 Å². The van der Waals surface area contributed by atoms with Crippen molar-refractivity contribution in [2.24, 2.45) is 0 Å². The van der Waals surface area contributed by atoms with Gasteiger partial charge in [0.05, 0.1) is 4.90 Å². The van der Waals surface area contributed by atoms with Gasteiger partial charge in [-0.3, -0.25) is 0 Å². The van der Waals surface area contributed by atoms with Crippen LogP contribution in [0.25, 0.3) is 0 Å². The summed E-state index contributed by atoms with van der Waals surface area (Å²) in [5.74, 6) is 0.204. The first kappa shape index (κ1) is 14.5. The Kier molecular flexibility index (Phi) is 4.41. The van der Waals surface area contributed by atoms with Gasteiger partial charge in [-0.05, 0) is 31.2 Å². The molecule has 1 atom stereocenters. The summed E-state index contributed by atoms with van der Waals surface area (Å²) in [6.45, 7) is 4.93. The fraction of sp³-hybridized carbons (Fsp3) is 0.308. The SMILES string of the molecule is CCNC(C)c1ccc(S(=O)(=O)Nc2ncc[nH]2)cc1. The van der Waals surface area contributed by atoms with E-state index >= 15 is 0 Å². The van der Waals surface area contributed by atoms with Crippen molar-refractivity contribution in [2.75, 3.05) is 11.3 Å². The van der Waals surface area contributed by atoms with E-state index in [1.54, 1.807) is 18.3 Å². The topological polar surface area (TPSA) is 86.9 Å². The van der Waals surface area contributed by atoms with Crippen molar-refractivity contribution in [1.29, 1.82) is 0 Å². The third-order valence-electron chi connectivity index (χ3n) is 2.93. The number of benzene rings is 1. The van der Waals surface area contributed by atoms with Gasteiger partial charge in [0, 0.05) is 18.4 Å². The lowest BCUT2D eigenvalue weighted by atomic mass is 10.1. The first-order valence-electron chi connectivity index (χ1n) is 6.38. The molecule has 0 aliphatic carbocycles. The summed E-state index contributed by atoms with van der Waals surface area (Å²) < 4.78 is 26.6. The van der Waals surface area contributed by atoms with Crippen molar-refractivity contribution < 1.29 is 8.42 Å². The van der Waals surface area contributed by atoms with E-state index in [0.29, 0.717) is 0 Å². The molecule has 0 radical (unpaired) electrons. The molecular weight excluding hydrogens is 276 g/mol. The summed E-state index contributed by atoms with van der Waals surface area (Å²) in [5, 5.41) is 3.28. The zero-order valence-electron chi connectivity index (χ0n) is 11.4. The Morgan fingerprint density at radius 1 is 1.30 bits per heavy atom. The summed E-state index contributed by atoms with van der Waals surface area (Å²) in [6, 6.07) is 6.99. The van der Waals surface area contributed by atoms with Gasteiger partial charge in [-0.15, -0.1) is 0 Å². The Morgan fingerprint density at radius 2 is 2.00 bits per heavy atom. The van der Waals surface area contributed by atoms with Gasteiger partial charge in [0.2, 0.25) is 5.95 Å². The second-order valence-electron chi connectivity index (χ2n) is 4.39. The number of nitrogens with one attached hydrogen (secondary N) is 3. The summed E-state index contributed by atoms with van der Waals surface area (Å²) in [4.78, 5) is 6.75. The number of hydrogen-bond donors (Lipinski definition) is 3. The number of aromatic amines is 1. The van der Waals surface area contributed by atoms with E-state index in [2.05, 4.69) is 20.0 Å². The van der Waals surface area contributed by atoms with E-state index in [9.17, 15) is 8.42 Å². The van der Waals surface area contributed by atoms with E-state index < -0.39 is 10.0 Å². The Balaban J connectivity index is 2.16. The molecule has 1 heterocycles. The highest BCUT2D eigenvalue weighted by Gasteiger charge is 2.15. The Hall–Kier alpha value is -1.86. The largest absolute Gasteiger partial charge is 0.330 e. The highest BCUT2D eigenvalue weighted by molar-refractivity contribution is 7.92. The van der Waals surface area contributed by atoms with E-state index in [4.69, 9.17) is 0 Å². The molecule has 2 aromatic rings. The molecule has 0 aliphatic heterocycles.